The summed E-state index contributed by atoms with van der Waals surface area (Å²) in [5, 5.41) is 0. The predicted octanol–water partition coefficient (Wildman–Crippen LogP) is 3.71. The second-order valence-corrected chi connectivity index (χ2v) is 3.85. The quantitative estimate of drug-likeness (QED) is 0.798. The summed E-state index contributed by atoms with van der Waals surface area (Å²) in [5.41, 5.74) is 1.13. The van der Waals surface area contributed by atoms with Gasteiger partial charge in [-0.15, -0.1) is 0 Å². The number of hydrogen-bond donors (Lipinski definition) is 0. The molecule has 1 aromatic rings. The summed E-state index contributed by atoms with van der Waals surface area (Å²) in [4.78, 5) is 4.46. The van der Waals surface area contributed by atoms with Crippen LogP contribution in [-0.4, -0.2) is 43.5 Å². The summed E-state index contributed by atoms with van der Waals surface area (Å²) in [7, 11) is 4.21. The van der Waals surface area contributed by atoms with Crippen LogP contribution in [0.5, 0.6) is 0 Å². The van der Waals surface area contributed by atoms with Crippen molar-refractivity contribution in [1.29, 1.82) is 0 Å². The van der Waals surface area contributed by atoms with E-state index in [-0.39, 0.29) is 0 Å². The zero-order valence-corrected chi connectivity index (χ0v) is 12.9. The van der Waals surface area contributed by atoms with Gasteiger partial charge in [0.1, 0.15) is 0 Å². The number of allylic oxidation sites excluding steroid dienone is 1. The molecule has 106 valence electrons. The monoisotopic (exact) mass is 254 g/mol. The number of rotatable bonds is 5. The molecule has 0 amide bonds. The maximum Gasteiger partial charge on any atom is 0.0902 e. The van der Waals surface area contributed by atoms with E-state index in [0.717, 1.165) is 25.3 Å². The summed E-state index contributed by atoms with van der Waals surface area (Å²) in [6.07, 6.45) is 3.25. The Kier molecular flexibility index (Phi) is 14.7. The number of likely N-dealkylation sites (N-methyl/N-ethyl adjacent to an activating group) is 2. The summed E-state index contributed by atoms with van der Waals surface area (Å²) < 4.78 is 4.58. The molecule has 0 aliphatic heterocycles. The second-order valence-electron chi connectivity index (χ2n) is 3.85. The number of hydrogen-bond acceptors (Lipinski definition) is 3. The lowest BCUT2D eigenvalue weighted by Gasteiger charge is -2.22. The predicted molar refractivity (Wildman–Crippen MR) is 80.7 cm³/mol. The minimum atomic E-state index is 1.07. The van der Waals surface area contributed by atoms with Crippen LogP contribution in [0.4, 0.5) is 0 Å². The van der Waals surface area contributed by atoms with E-state index in [1.54, 1.807) is 12.5 Å². The molecule has 0 aromatic carbocycles. The Balaban J connectivity index is 0. The van der Waals surface area contributed by atoms with Gasteiger partial charge in [-0.25, -0.2) is 0 Å². The smallest absolute Gasteiger partial charge is 0.0902 e. The van der Waals surface area contributed by atoms with Crippen LogP contribution in [-0.2, 0) is 0 Å². The van der Waals surface area contributed by atoms with Crippen molar-refractivity contribution in [2.24, 2.45) is 0 Å². The lowest BCUT2D eigenvalue weighted by Crippen LogP contribution is -2.29. The van der Waals surface area contributed by atoms with Gasteiger partial charge in [-0.05, 0) is 32.6 Å². The van der Waals surface area contributed by atoms with Gasteiger partial charge in [-0.1, -0.05) is 27.4 Å². The third-order valence-electron chi connectivity index (χ3n) is 2.43. The van der Waals surface area contributed by atoms with Crippen LogP contribution in [0.1, 0.15) is 27.7 Å². The van der Waals surface area contributed by atoms with E-state index in [4.69, 9.17) is 0 Å². The first-order valence-electron chi connectivity index (χ1n) is 6.60. The molecule has 0 aliphatic rings. The average Bonchev–Trinajstić information content (AvgIpc) is 2.96. The zero-order chi connectivity index (χ0) is 14.4. The molecule has 18 heavy (non-hydrogen) atoms. The lowest BCUT2D eigenvalue weighted by atomic mass is 10.4. The van der Waals surface area contributed by atoms with Crippen LogP contribution in [0, 0.1) is 0 Å². The summed E-state index contributed by atoms with van der Waals surface area (Å²) in [6.45, 7) is 15.4. The van der Waals surface area contributed by atoms with Crippen LogP contribution in [0.3, 0.4) is 0 Å². The maximum atomic E-state index is 4.58. The molecule has 0 bridgehead atoms. The molecule has 0 N–H and O–H groups in total. The zero-order valence-electron chi connectivity index (χ0n) is 12.9. The highest BCUT2D eigenvalue weighted by molar-refractivity contribution is 4.86. The normalized spacial score (nSPS) is 8.83. The van der Waals surface area contributed by atoms with Crippen molar-refractivity contribution in [3.63, 3.8) is 0 Å². The van der Waals surface area contributed by atoms with Crippen LogP contribution in [0.25, 0.3) is 0 Å². The molecular weight excluding hydrogens is 224 g/mol. The highest BCUT2D eigenvalue weighted by Gasteiger charge is 1.98. The van der Waals surface area contributed by atoms with E-state index >= 15 is 0 Å². The fraction of sp³-hybridized carbons (Fsp3) is 0.600. The Morgan fingerprint density at radius 1 is 1.11 bits per heavy atom. The highest BCUT2D eigenvalue weighted by Crippen LogP contribution is 1.95. The standard InChI is InChI=1S/C9H20N2.C4H4O.C2H6/c1-6-10(4)7-8-11(5)9(2)3;1-2-4-5-3-1;1-2/h2,6-8H2,1,3-5H3;1-4H;1-2H3. The van der Waals surface area contributed by atoms with Crippen molar-refractivity contribution in [3.8, 4) is 0 Å². The van der Waals surface area contributed by atoms with Crippen molar-refractivity contribution < 1.29 is 4.42 Å². The Morgan fingerprint density at radius 3 is 1.89 bits per heavy atom. The molecule has 0 radical (unpaired) electrons. The second kappa shape index (κ2) is 13.8. The Morgan fingerprint density at radius 2 is 1.61 bits per heavy atom. The molecule has 0 spiro atoms. The number of furan rings is 1. The maximum absolute atomic E-state index is 4.58. The first kappa shape index (κ1) is 19.1. The van der Waals surface area contributed by atoms with Crippen molar-refractivity contribution >= 4 is 0 Å². The fourth-order valence-corrected chi connectivity index (χ4v) is 0.896. The third-order valence-corrected chi connectivity index (χ3v) is 2.43. The van der Waals surface area contributed by atoms with E-state index in [1.165, 1.54) is 0 Å². The van der Waals surface area contributed by atoms with Crippen LogP contribution in [0.15, 0.2) is 41.4 Å². The third kappa shape index (κ3) is 12.8. The van der Waals surface area contributed by atoms with Gasteiger partial charge in [-0.2, -0.15) is 0 Å². The van der Waals surface area contributed by atoms with Gasteiger partial charge < -0.3 is 14.2 Å². The van der Waals surface area contributed by atoms with E-state index < -0.39 is 0 Å². The molecule has 1 aromatic heterocycles. The van der Waals surface area contributed by atoms with Gasteiger partial charge in [0.2, 0.25) is 0 Å². The Bertz CT molecular complexity index is 240. The molecule has 3 nitrogen and oxygen atoms in total. The molecule has 3 heteroatoms. The fourth-order valence-electron chi connectivity index (χ4n) is 0.896. The largest absolute Gasteiger partial charge is 0.473 e. The van der Waals surface area contributed by atoms with Crippen LogP contribution >= 0.6 is 0 Å². The summed E-state index contributed by atoms with van der Waals surface area (Å²) in [5.74, 6) is 0. The first-order chi connectivity index (χ1) is 8.57. The van der Waals surface area contributed by atoms with Crippen LogP contribution < -0.4 is 0 Å². The van der Waals surface area contributed by atoms with Gasteiger partial charge in [0, 0.05) is 25.8 Å². The van der Waals surface area contributed by atoms with E-state index in [9.17, 15) is 0 Å². The molecule has 0 atom stereocenters. The molecule has 0 aliphatic carbocycles. The van der Waals surface area contributed by atoms with Crippen molar-refractivity contribution in [2.45, 2.75) is 27.7 Å². The molecule has 0 saturated heterocycles. The van der Waals surface area contributed by atoms with E-state index in [1.807, 2.05) is 32.9 Å². The lowest BCUT2D eigenvalue weighted by molar-refractivity contribution is 0.297. The SMILES string of the molecule is C=C(C)N(C)CCN(C)CC.CC.c1ccoc1. The summed E-state index contributed by atoms with van der Waals surface area (Å²) >= 11 is 0. The highest BCUT2D eigenvalue weighted by atomic mass is 16.3. The minimum Gasteiger partial charge on any atom is -0.473 e. The minimum absolute atomic E-state index is 1.07. The number of nitrogens with zero attached hydrogens (tertiary/aromatic N) is 2. The van der Waals surface area contributed by atoms with E-state index in [2.05, 4.69) is 41.8 Å². The van der Waals surface area contributed by atoms with Crippen molar-refractivity contribution in [1.82, 2.24) is 9.80 Å². The molecule has 0 saturated carbocycles. The van der Waals surface area contributed by atoms with Gasteiger partial charge in [0.25, 0.3) is 0 Å². The molecule has 0 unspecified atom stereocenters. The van der Waals surface area contributed by atoms with E-state index in [0.29, 0.717) is 0 Å². The van der Waals surface area contributed by atoms with Gasteiger partial charge in [0.05, 0.1) is 12.5 Å². The van der Waals surface area contributed by atoms with Gasteiger partial charge >= 0.3 is 0 Å². The first-order valence-corrected chi connectivity index (χ1v) is 6.60. The summed E-state index contributed by atoms with van der Waals surface area (Å²) in [6, 6.07) is 3.67. The van der Waals surface area contributed by atoms with Crippen molar-refractivity contribution in [2.75, 3.05) is 33.7 Å². The van der Waals surface area contributed by atoms with Crippen LogP contribution in [0.2, 0.25) is 0 Å². The van der Waals surface area contributed by atoms with Gasteiger partial charge in [-0.3, -0.25) is 0 Å². The molecule has 1 rings (SSSR count). The topological polar surface area (TPSA) is 19.6 Å². The van der Waals surface area contributed by atoms with Crippen molar-refractivity contribution in [3.05, 3.63) is 36.9 Å². The molecule has 1 heterocycles. The molecule has 0 fully saturated rings. The Labute approximate surface area is 113 Å². The Hall–Kier alpha value is -1.22. The van der Waals surface area contributed by atoms with Gasteiger partial charge in [0.15, 0.2) is 0 Å². The average molecular weight is 254 g/mol. The molecular formula is C15H30N2O.